The molecule has 1 rings (SSSR count). The minimum absolute atomic E-state index is 0.471. The first-order valence-electron chi connectivity index (χ1n) is 8.82. The van der Waals surface area contributed by atoms with Crippen molar-refractivity contribution in [1.82, 2.24) is 4.98 Å². The Hall–Kier alpha value is -2.11. The maximum Gasteiger partial charge on any atom is 0.310 e. The molecule has 0 bridgehead atoms. The molecule has 27 heavy (non-hydrogen) atoms. The summed E-state index contributed by atoms with van der Waals surface area (Å²) >= 11 is 6.52. The van der Waals surface area contributed by atoms with E-state index in [9.17, 15) is 9.90 Å². The van der Waals surface area contributed by atoms with Gasteiger partial charge in [-0.3, -0.25) is 4.79 Å². The van der Waals surface area contributed by atoms with Crippen LogP contribution in [-0.2, 0) is 9.53 Å². The fourth-order valence-electron chi connectivity index (χ4n) is 3.02. The zero-order chi connectivity index (χ0) is 20.6. The van der Waals surface area contributed by atoms with Gasteiger partial charge in [-0.15, -0.1) is 0 Å². The number of nitrogens with zero attached hydrogens (tertiary/aromatic N) is 2. The molecular weight excluding hydrogens is 364 g/mol. The van der Waals surface area contributed by atoms with Gasteiger partial charge < -0.3 is 14.7 Å². The van der Waals surface area contributed by atoms with Gasteiger partial charge in [-0.1, -0.05) is 43.0 Å². The van der Waals surface area contributed by atoms with Crippen molar-refractivity contribution < 1.29 is 14.6 Å². The number of allylic oxidation sites excluding steroid dienone is 4. The zero-order valence-electron chi connectivity index (χ0n) is 16.5. The molecule has 148 valence electrons. The van der Waals surface area contributed by atoms with Crippen LogP contribution in [0.15, 0.2) is 49.2 Å². The lowest BCUT2D eigenvalue weighted by atomic mass is 9.71. The number of carboxylic acid groups (broad SMARTS) is 1. The van der Waals surface area contributed by atoms with Gasteiger partial charge >= 0.3 is 5.97 Å². The molecule has 0 spiro atoms. The van der Waals surface area contributed by atoms with E-state index in [1.54, 1.807) is 51.4 Å². The molecular formula is C21H29ClN2O3. The van der Waals surface area contributed by atoms with Gasteiger partial charge in [-0.2, -0.15) is 0 Å². The Morgan fingerprint density at radius 3 is 2.59 bits per heavy atom. The number of rotatable bonds is 11. The normalized spacial score (nSPS) is 13.1. The van der Waals surface area contributed by atoms with E-state index >= 15 is 0 Å². The average Bonchev–Trinajstić information content (AvgIpc) is 2.62. The summed E-state index contributed by atoms with van der Waals surface area (Å²) in [5.74, 6) is -0.738. The van der Waals surface area contributed by atoms with E-state index in [0.29, 0.717) is 29.6 Å². The van der Waals surface area contributed by atoms with Crippen molar-refractivity contribution in [1.29, 1.82) is 0 Å². The van der Waals surface area contributed by atoms with Crippen LogP contribution in [-0.4, -0.2) is 42.9 Å². The summed E-state index contributed by atoms with van der Waals surface area (Å²) in [5.41, 5.74) is 0.373. The zero-order valence-corrected chi connectivity index (χ0v) is 17.3. The summed E-state index contributed by atoms with van der Waals surface area (Å²) in [5, 5.41) is 10.2. The molecule has 0 aromatic carbocycles. The maximum absolute atomic E-state index is 11.9. The van der Waals surface area contributed by atoms with Gasteiger partial charge in [0, 0.05) is 32.3 Å². The highest BCUT2D eigenvalue weighted by Gasteiger charge is 2.39. The van der Waals surface area contributed by atoms with Crippen LogP contribution in [0.1, 0.15) is 32.3 Å². The topological polar surface area (TPSA) is 62.7 Å². The van der Waals surface area contributed by atoms with Crippen LogP contribution < -0.4 is 4.90 Å². The van der Waals surface area contributed by atoms with Gasteiger partial charge in [-0.05, 0) is 38.0 Å². The summed E-state index contributed by atoms with van der Waals surface area (Å²) < 4.78 is 5.14. The molecule has 0 aliphatic heterocycles. The Balaban J connectivity index is 3.46. The molecule has 0 aliphatic carbocycles. The number of ether oxygens (including phenoxy) is 1. The minimum atomic E-state index is -1.09. The summed E-state index contributed by atoms with van der Waals surface area (Å²) in [7, 11) is 1.65. The van der Waals surface area contributed by atoms with Gasteiger partial charge in [0.15, 0.2) is 0 Å². The van der Waals surface area contributed by atoms with Crippen LogP contribution in [0.4, 0.5) is 5.82 Å². The number of carboxylic acids is 1. The minimum Gasteiger partial charge on any atom is -0.481 e. The van der Waals surface area contributed by atoms with E-state index < -0.39 is 17.3 Å². The highest BCUT2D eigenvalue weighted by molar-refractivity contribution is 6.33. The molecule has 0 saturated heterocycles. The Morgan fingerprint density at radius 1 is 1.48 bits per heavy atom. The number of methoxy groups -OCH3 is 1. The predicted octanol–water partition coefficient (Wildman–Crippen LogP) is 4.70. The van der Waals surface area contributed by atoms with Crippen LogP contribution in [0.2, 0.25) is 5.02 Å². The molecule has 0 amide bonds. The lowest BCUT2D eigenvalue weighted by Crippen LogP contribution is -2.32. The van der Waals surface area contributed by atoms with E-state index in [0.717, 1.165) is 12.1 Å². The Labute approximate surface area is 167 Å². The summed E-state index contributed by atoms with van der Waals surface area (Å²) in [6.07, 6.45) is 6.72. The van der Waals surface area contributed by atoms with Crippen LogP contribution in [0.5, 0.6) is 0 Å². The molecule has 0 saturated carbocycles. The van der Waals surface area contributed by atoms with E-state index in [-0.39, 0.29) is 0 Å². The predicted molar refractivity (Wildman–Crippen MR) is 112 cm³/mol. The first-order chi connectivity index (χ1) is 12.7. The standard InChI is InChI=1S/C21H29ClN2O3/c1-7-10-15(8-2)18(21(4,5)20(25)26)16-13-17(22)19(23-14-16)24(9-3)11-12-27-6/h7-8,10,13-14,18H,1-2,9,11-12H2,3-6H3,(H,25,26)/b15-10+. The van der Waals surface area contributed by atoms with E-state index in [4.69, 9.17) is 16.3 Å². The number of anilines is 1. The van der Waals surface area contributed by atoms with Gasteiger partial charge in [0.1, 0.15) is 5.82 Å². The summed E-state index contributed by atoms with van der Waals surface area (Å²) in [6, 6.07) is 1.79. The Bertz CT molecular complexity index is 713. The van der Waals surface area contributed by atoms with Crippen molar-refractivity contribution in [3.63, 3.8) is 0 Å². The highest BCUT2D eigenvalue weighted by Crippen LogP contribution is 2.43. The van der Waals surface area contributed by atoms with Crippen molar-refractivity contribution in [3.8, 4) is 0 Å². The highest BCUT2D eigenvalue weighted by atomic mass is 35.5. The Morgan fingerprint density at radius 2 is 2.15 bits per heavy atom. The molecule has 1 aromatic rings. The summed E-state index contributed by atoms with van der Waals surface area (Å²) in [4.78, 5) is 18.5. The fourth-order valence-corrected chi connectivity index (χ4v) is 3.31. The number of hydrogen-bond acceptors (Lipinski definition) is 4. The molecule has 1 atom stereocenters. The first-order valence-corrected chi connectivity index (χ1v) is 9.20. The second-order valence-corrected chi connectivity index (χ2v) is 7.12. The van der Waals surface area contributed by atoms with Crippen LogP contribution in [0, 0.1) is 5.41 Å². The van der Waals surface area contributed by atoms with Gasteiger partial charge in [0.25, 0.3) is 0 Å². The largest absolute Gasteiger partial charge is 0.481 e. The van der Waals surface area contributed by atoms with Crippen LogP contribution in [0.25, 0.3) is 0 Å². The van der Waals surface area contributed by atoms with Crippen molar-refractivity contribution in [2.45, 2.75) is 26.7 Å². The van der Waals surface area contributed by atoms with Gasteiger partial charge in [0.2, 0.25) is 0 Å². The smallest absolute Gasteiger partial charge is 0.310 e. The number of carbonyl (C=O) groups is 1. The van der Waals surface area contributed by atoms with E-state index in [1.165, 1.54) is 0 Å². The lowest BCUT2D eigenvalue weighted by Gasteiger charge is -2.32. The second-order valence-electron chi connectivity index (χ2n) is 6.71. The molecule has 6 heteroatoms. The first kappa shape index (κ1) is 22.9. The van der Waals surface area contributed by atoms with Gasteiger partial charge in [-0.25, -0.2) is 4.98 Å². The number of pyridine rings is 1. The lowest BCUT2D eigenvalue weighted by molar-refractivity contribution is -0.147. The quantitative estimate of drug-likeness (QED) is 0.553. The number of aliphatic carboxylic acids is 1. The Kier molecular flexibility index (Phi) is 8.73. The molecule has 1 heterocycles. The molecule has 1 aromatic heterocycles. The third kappa shape index (κ3) is 5.44. The van der Waals surface area contributed by atoms with E-state index in [1.807, 2.05) is 11.8 Å². The monoisotopic (exact) mass is 392 g/mol. The fraction of sp³-hybridized carbons (Fsp3) is 0.429. The molecule has 5 nitrogen and oxygen atoms in total. The molecule has 0 radical (unpaired) electrons. The van der Waals surface area contributed by atoms with Crippen molar-refractivity contribution >= 4 is 23.4 Å². The average molecular weight is 393 g/mol. The number of hydrogen-bond donors (Lipinski definition) is 1. The maximum atomic E-state index is 11.9. The van der Waals surface area contributed by atoms with Crippen molar-refractivity contribution in [2.75, 3.05) is 31.7 Å². The number of halogens is 1. The molecule has 1 unspecified atom stereocenters. The third-order valence-electron chi connectivity index (χ3n) is 4.58. The molecule has 0 fully saturated rings. The number of likely N-dealkylation sites (N-methyl/N-ethyl adjacent to an activating group) is 1. The van der Waals surface area contributed by atoms with Crippen molar-refractivity contribution in [3.05, 3.63) is 59.8 Å². The SMILES string of the molecule is C=C/C=C(\C=C)C(c1cnc(N(CC)CCOC)c(Cl)c1)C(C)(C)C(=O)O. The van der Waals surface area contributed by atoms with Crippen LogP contribution >= 0.6 is 11.6 Å². The van der Waals surface area contributed by atoms with Crippen molar-refractivity contribution in [2.24, 2.45) is 5.41 Å². The van der Waals surface area contributed by atoms with Gasteiger partial charge in [0.05, 0.1) is 17.0 Å². The molecule has 0 aliphatic rings. The number of aromatic nitrogens is 1. The molecule has 1 N–H and O–H groups in total. The van der Waals surface area contributed by atoms with Crippen LogP contribution in [0.3, 0.4) is 0 Å². The third-order valence-corrected chi connectivity index (χ3v) is 4.85. The summed E-state index contributed by atoms with van der Waals surface area (Å²) in [6.45, 7) is 14.9. The second kappa shape index (κ2) is 10.3. The van der Waals surface area contributed by atoms with E-state index in [2.05, 4.69) is 18.1 Å².